The molecule has 0 aliphatic carbocycles. The van der Waals surface area contributed by atoms with Crippen LogP contribution in [0.4, 0.5) is 5.69 Å². The van der Waals surface area contributed by atoms with Gasteiger partial charge in [-0.3, -0.25) is 9.59 Å². The van der Waals surface area contributed by atoms with Crippen LogP contribution in [0.15, 0.2) is 42.5 Å². The third-order valence-corrected chi connectivity index (χ3v) is 3.83. The van der Waals surface area contributed by atoms with Crippen molar-refractivity contribution in [3.8, 4) is 5.75 Å². The van der Waals surface area contributed by atoms with E-state index in [0.717, 1.165) is 11.1 Å². The van der Waals surface area contributed by atoms with Crippen molar-refractivity contribution < 1.29 is 14.3 Å². The molecule has 2 N–H and O–H groups in total. The third-order valence-electron chi connectivity index (χ3n) is 3.83. The Kier molecular flexibility index (Phi) is 6.39. The maximum absolute atomic E-state index is 12.4. The summed E-state index contributed by atoms with van der Waals surface area (Å²) in [4.78, 5) is 24.5. The second-order valence-corrected chi connectivity index (χ2v) is 6.73. The molecule has 0 aliphatic rings. The Morgan fingerprint density at radius 1 is 1.00 bits per heavy atom. The Morgan fingerprint density at radius 3 is 2.42 bits per heavy atom. The number of carbonyl (C=O) groups is 2. The van der Waals surface area contributed by atoms with Crippen LogP contribution in [-0.2, 0) is 4.79 Å². The van der Waals surface area contributed by atoms with Gasteiger partial charge in [0.1, 0.15) is 5.75 Å². The van der Waals surface area contributed by atoms with Gasteiger partial charge < -0.3 is 15.4 Å². The van der Waals surface area contributed by atoms with E-state index >= 15 is 0 Å². The molecule has 2 aromatic carbocycles. The number of hydrogen-bond acceptors (Lipinski definition) is 3. The molecule has 138 valence electrons. The molecule has 5 heteroatoms. The number of hydrogen-bond donors (Lipinski definition) is 2. The molecular weight excluding hydrogens is 328 g/mol. The molecule has 0 heterocycles. The van der Waals surface area contributed by atoms with E-state index in [1.165, 1.54) is 0 Å². The number of rotatable bonds is 6. The van der Waals surface area contributed by atoms with E-state index in [9.17, 15) is 9.59 Å². The van der Waals surface area contributed by atoms with E-state index < -0.39 is 6.10 Å². The van der Waals surface area contributed by atoms with Crippen molar-refractivity contribution >= 4 is 17.5 Å². The molecule has 2 aromatic rings. The van der Waals surface area contributed by atoms with Crippen molar-refractivity contribution in [3.63, 3.8) is 0 Å². The highest BCUT2D eigenvalue weighted by atomic mass is 16.5. The van der Waals surface area contributed by atoms with Crippen LogP contribution in [0.1, 0.15) is 42.3 Å². The summed E-state index contributed by atoms with van der Waals surface area (Å²) in [5.41, 5.74) is 3.10. The second kappa shape index (κ2) is 8.52. The van der Waals surface area contributed by atoms with Gasteiger partial charge in [0.15, 0.2) is 6.10 Å². The van der Waals surface area contributed by atoms with Crippen molar-refractivity contribution in [2.24, 2.45) is 0 Å². The fourth-order valence-electron chi connectivity index (χ4n) is 2.41. The summed E-state index contributed by atoms with van der Waals surface area (Å²) in [6, 6.07) is 12.8. The van der Waals surface area contributed by atoms with Crippen LogP contribution in [-0.4, -0.2) is 24.0 Å². The third kappa shape index (κ3) is 5.34. The number of carbonyl (C=O) groups excluding carboxylic acids is 2. The maximum Gasteiger partial charge on any atom is 0.265 e. The minimum Gasteiger partial charge on any atom is -0.481 e. The smallest absolute Gasteiger partial charge is 0.265 e. The number of aryl methyl sites for hydroxylation is 2. The number of ether oxygens (including phenoxy) is 1. The lowest BCUT2D eigenvalue weighted by Crippen LogP contribution is -2.31. The number of benzene rings is 2. The molecule has 1 atom stereocenters. The average molecular weight is 354 g/mol. The summed E-state index contributed by atoms with van der Waals surface area (Å²) in [5.74, 6) is 0.251. The van der Waals surface area contributed by atoms with E-state index in [-0.39, 0.29) is 17.9 Å². The van der Waals surface area contributed by atoms with Gasteiger partial charge in [-0.15, -0.1) is 0 Å². The summed E-state index contributed by atoms with van der Waals surface area (Å²) in [5, 5.41) is 5.63. The molecular formula is C21H26N2O3. The fourth-order valence-corrected chi connectivity index (χ4v) is 2.41. The Balaban J connectivity index is 2.04. The highest BCUT2D eigenvalue weighted by Crippen LogP contribution is 2.21. The van der Waals surface area contributed by atoms with Crippen LogP contribution in [0, 0.1) is 13.8 Å². The van der Waals surface area contributed by atoms with E-state index in [0.29, 0.717) is 17.0 Å². The first-order valence-electron chi connectivity index (χ1n) is 8.72. The molecule has 0 radical (unpaired) electrons. The molecule has 2 amide bonds. The van der Waals surface area contributed by atoms with E-state index in [4.69, 9.17) is 4.74 Å². The van der Waals surface area contributed by atoms with Crippen molar-refractivity contribution in [1.82, 2.24) is 5.32 Å². The fraction of sp³-hybridized carbons (Fsp3) is 0.333. The minimum absolute atomic E-state index is 0.0479. The summed E-state index contributed by atoms with van der Waals surface area (Å²) in [7, 11) is 0. The largest absolute Gasteiger partial charge is 0.481 e. The lowest BCUT2D eigenvalue weighted by atomic mass is 10.1. The summed E-state index contributed by atoms with van der Waals surface area (Å²) < 4.78 is 5.80. The molecule has 1 unspecified atom stereocenters. The normalized spacial score (nSPS) is 11.8. The van der Waals surface area contributed by atoms with Crippen LogP contribution in [0.3, 0.4) is 0 Å². The van der Waals surface area contributed by atoms with Crippen LogP contribution in [0.25, 0.3) is 0 Å². The number of anilines is 1. The van der Waals surface area contributed by atoms with Gasteiger partial charge in [0, 0.05) is 17.3 Å². The zero-order valence-corrected chi connectivity index (χ0v) is 15.9. The van der Waals surface area contributed by atoms with Gasteiger partial charge in [0.05, 0.1) is 0 Å². The van der Waals surface area contributed by atoms with Crippen LogP contribution < -0.4 is 15.4 Å². The SMILES string of the molecule is Cc1ccc(C)c(OC(C)C(=O)Nc2cccc(C(=O)NC(C)C)c2)c1. The van der Waals surface area contributed by atoms with E-state index in [2.05, 4.69) is 10.6 Å². The predicted octanol–water partition coefficient (Wildman–Crippen LogP) is 3.85. The molecule has 2 rings (SSSR count). The Hall–Kier alpha value is -2.82. The molecule has 0 aromatic heterocycles. The predicted molar refractivity (Wildman–Crippen MR) is 104 cm³/mol. The van der Waals surface area contributed by atoms with Gasteiger partial charge in [0.25, 0.3) is 11.8 Å². The molecule has 0 aliphatic heterocycles. The standard InChI is InChI=1S/C21H26N2O3/c1-13(2)22-21(25)17-7-6-8-18(12-17)23-20(24)16(5)26-19-11-14(3)9-10-15(19)4/h6-13,16H,1-5H3,(H,22,25)(H,23,24). The molecule has 0 saturated carbocycles. The molecule has 0 fully saturated rings. The van der Waals surface area contributed by atoms with Crippen LogP contribution in [0.5, 0.6) is 5.75 Å². The molecule has 5 nitrogen and oxygen atoms in total. The van der Waals surface area contributed by atoms with Gasteiger partial charge in [-0.05, 0) is 70.0 Å². The van der Waals surface area contributed by atoms with E-state index in [1.54, 1.807) is 31.2 Å². The van der Waals surface area contributed by atoms with Crippen molar-refractivity contribution in [2.75, 3.05) is 5.32 Å². The minimum atomic E-state index is -0.663. The molecule has 26 heavy (non-hydrogen) atoms. The highest BCUT2D eigenvalue weighted by molar-refractivity contribution is 5.98. The number of amides is 2. The zero-order chi connectivity index (χ0) is 19.3. The number of nitrogens with one attached hydrogen (secondary N) is 2. The lowest BCUT2D eigenvalue weighted by Gasteiger charge is -2.17. The van der Waals surface area contributed by atoms with Gasteiger partial charge in [-0.2, -0.15) is 0 Å². The quantitative estimate of drug-likeness (QED) is 0.828. The maximum atomic E-state index is 12.4. The van der Waals surface area contributed by atoms with Crippen molar-refractivity contribution in [2.45, 2.75) is 46.8 Å². The van der Waals surface area contributed by atoms with Gasteiger partial charge in [-0.1, -0.05) is 18.2 Å². The Labute approximate surface area is 154 Å². The van der Waals surface area contributed by atoms with Gasteiger partial charge in [-0.25, -0.2) is 0 Å². The van der Waals surface area contributed by atoms with Gasteiger partial charge >= 0.3 is 0 Å². The summed E-state index contributed by atoms with van der Waals surface area (Å²) in [6.45, 7) is 9.42. The highest BCUT2D eigenvalue weighted by Gasteiger charge is 2.17. The lowest BCUT2D eigenvalue weighted by molar-refractivity contribution is -0.122. The van der Waals surface area contributed by atoms with Crippen molar-refractivity contribution in [1.29, 1.82) is 0 Å². The summed E-state index contributed by atoms with van der Waals surface area (Å²) >= 11 is 0. The first-order valence-corrected chi connectivity index (χ1v) is 8.72. The first-order chi connectivity index (χ1) is 12.3. The average Bonchev–Trinajstić information content (AvgIpc) is 2.57. The van der Waals surface area contributed by atoms with Crippen LogP contribution >= 0.6 is 0 Å². The first kappa shape index (κ1) is 19.5. The van der Waals surface area contributed by atoms with Gasteiger partial charge in [0.2, 0.25) is 0 Å². The Bertz CT molecular complexity index is 800. The second-order valence-electron chi connectivity index (χ2n) is 6.73. The zero-order valence-electron chi connectivity index (χ0n) is 15.9. The molecule has 0 bridgehead atoms. The van der Waals surface area contributed by atoms with E-state index in [1.807, 2.05) is 45.9 Å². The van der Waals surface area contributed by atoms with Crippen LogP contribution in [0.2, 0.25) is 0 Å². The topological polar surface area (TPSA) is 67.4 Å². The van der Waals surface area contributed by atoms with Crippen molar-refractivity contribution in [3.05, 3.63) is 59.2 Å². The molecule has 0 saturated heterocycles. The Morgan fingerprint density at radius 2 is 1.73 bits per heavy atom. The monoisotopic (exact) mass is 354 g/mol. The summed E-state index contributed by atoms with van der Waals surface area (Å²) in [6.07, 6.45) is -0.663. The molecule has 0 spiro atoms.